The van der Waals surface area contributed by atoms with Crippen molar-refractivity contribution in [3.63, 3.8) is 0 Å². The van der Waals surface area contributed by atoms with Gasteiger partial charge in [0.1, 0.15) is 6.29 Å². The summed E-state index contributed by atoms with van der Waals surface area (Å²) in [6, 6.07) is 4.94. The van der Waals surface area contributed by atoms with E-state index < -0.39 is 0 Å². The summed E-state index contributed by atoms with van der Waals surface area (Å²) in [4.78, 5) is 22.4. The molecule has 0 bridgehead atoms. The lowest BCUT2D eigenvalue weighted by molar-refractivity contribution is -0.123. The highest BCUT2D eigenvalue weighted by molar-refractivity contribution is 5.78. The molecule has 1 N–H and O–H groups in total. The van der Waals surface area contributed by atoms with Gasteiger partial charge in [-0.05, 0) is 31.5 Å². The van der Waals surface area contributed by atoms with Crippen molar-refractivity contribution in [3.05, 3.63) is 23.8 Å². The van der Waals surface area contributed by atoms with Gasteiger partial charge in [0.15, 0.2) is 18.1 Å². The van der Waals surface area contributed by atoms with Crippen molar-refractivity contribution >= 4 is 12.2 Å². The van der Waals surface area contributed by atoms with Gasteiger partial charge in [-0.15, -0.1) is 0 Å². The monoisotopic (exact) mass is 279 g/mol. The Labute approximate surface area is 119 Å². The van der Waals surface area contributed by atoms with Crippen LogP contribution in [0.25, 0.3) is 0 Å². The number of amides is 1. The van der Waals surface area contributed by atoms with E-state index in [-0.39, 0.29) is 18.6 Å². The van der Waals surface area contributed by atoms with E-state index >= 15 is 0 Å². The van der Waals surface area contributed by atoms with Gasteiger partial charge in [0.2, 0.25) is 0 Å². The molecule has 20 heavy (non-hydrogen) atoms. The van der Waals surface area contributed by atoms with Gasteiger partial charge >= 0.3 is 0 Å². The minimum atomic E-state index is -0.190. The van der Waals surface area contributed by atoms with Crippen LogP contribution in [0.1, 0.15) is 37.0 Å². The fraction of sp³-hybridized carbons (Fsp3) is 0.467. The number of carbonyl (C=O) groups is 2. The molecule has 1 aromatic rings. The number of carbonyl (C=O) groups excluding carboxylic acids is 2. The van der Waals surface area contributed by atoms with Gasteiger partial charge in [-0.2, -0.15) is 0 Å². The van der Waals surface area contributed by atoms with Crippen molar-refractivity contribution in [2.75, 3.05) is 13.7 Å². The van der Waals surface area contributed by atoms with Crippen molar-refractivity contribution in [1.29, 1.82) is 0 Å². The SMILES string of the molecule is CCCC(C)NC(=O)COc1cc(C=O)ccc1OC. The number of hydrogen-bond donors (Lipinski definition) is 1. The lowest BCUT2D eigenvalue weighted by atomic mass is 10.2. The topological polar surface area (TPSA) is 64.6 Å². The second kappa shape index (κ2) is 8.19. The van der Waals surface area contributed by atoms with E-state index in [0.717, 1.165) is 19.1 Å². The quantitative estimate of drug-likeness (QED) is 0.741. The molecule has 1 aromatic carbocycles. The summed E-state index contributed by atoms with van der Waals surface area (Å²) in [5.41, 5.74) is 0.473. The van der Waals surface area contributed by atoms with Gasteiger partial charge in [0.05, 0.1) is 7.11 Å². The van der Waals surface area contributed by atoms with Crippen LogP contribution in [0, 0.1) is 0 Å². The largest absolute Gasteiger partial charge is 0.493 e. The molecule has 0 saturated carbocycles. The van der Waals surface area contributed by atoms with Gasteiger partial charge in [0.25, 0.3) is 5.91 Å². The van der Waals surface area contributed by atoms with E-state index in [0.29, 0.717) is 17.1 Å². The van der Waals surface area contributed by atoms with E-state index in [2.05, 4.69) is 12.2 Å². The molecule has 5 heteroatoms. The van der Waals surface area contributed by atoms with E-state index in [9.17, 15) is 9.59 Å². The van der Waals surface area contributed by atoms with Gasteiger partial charge in [0, 0.05) is 11.6 Å². The Morgan fingerprint density at radius 3 is 2.75 bits per heavy atom. The highest BCUT2D eigenvalue weighted by atomic mass is 16.5. The normalized spacial score (nSPS) is 11.6. The number of hydrogen-bond acceptors (Lipinski definition) is 4. The summed E-state index contributed by atoms with van der Waals surface area (Å²) in [6.45, 7) is 3.91. The number of ether oxygens (including phenoxy) is 2. The first kappa shape index (κ1) is 16.0. The molecule has 110 valence electrons. The Balaban J connectivity index is 2.60. The zero-order chi connectivity index (χ0) is 15.0. The fourth-order valence-electron chi connectivity index (χ4n) is 1.84. The third kappa shape index (κ3) is 4.91. The van der Waals surface area contributed by atoms with Crippen LogP contribution in [0.3, 0.4) is 0 Å². The van der Waals surface area contributed by atoms with Crippen LogP contribution in [-0.4, -0.2) is 32.0 Å². The van der Waals surface area contributed by atoms with Gasteiger partial charge < -0.3 is 14.8 Å². The third-order valence-corrected chi connectivity index (χ3v) is 2.81. The van der Waals surface area contributed by atoms with Crippen LogP contribution in [0.5, 0.6) is 11.5 Å². The van der Waals surface area contributed by atoms with E-state index in [1.165, 1.54) is 7.11 Å². The number of rotatable bonds is 8. The predicted octanol–water partition coefficient (Wildman–Crippen LogP) is 2.19. The van der Waals surface area contributed by atoms with E-state index in [1.54, 1.807) is 18.2 Å². The molecular formula is C15H21NO4. The summed E-state index contributed by atoms with van der Waals surface area (Å²) in [5.74, 6) is 0.685. The Kier molecular flexibility index (Phi) is 6.56. The number of benzene rings is 1. The number of aldehydes is 1. The Morgan fingerprint density at radius 1 is 1.40 bits per heavy atom. The molecule has 5 nitrogen and oxygen atoms in total. The van der Waals surface area contributed by atoms with Gasteiger partial charge in [-0.25, -0.2) is 0 Å². The second-order valence-electron chi connectivity index (χ2n) is 4.57. The summed E-state index contributed by atoms with van der Waals surface area (Å²) >= 11 is 0. The zero-order valence-corrected chi connectivity index (χ0v) is 12.1. The maximum Gasteiger partial charge on any atom is 0.258 e. The molecule has 1 unspecified atom stereocenters. The molecule has 0 spiro atoms. The van der Waals surface area contributed by atoms with E-state index in [4.69, 9.17) is 9.47 Å². The van der Waals surface area contributed by atoms with Gasteiger partial charge in [-0.1, -0.05) is 13.3 Å². The molecule has 0 radical (unpaired) electrons. The second-order valence-corrected chi connectivity index (χ2v) is 4.57. The maximum absolute atomic E-state index is 11.7. The molecule has 1 atom stereocenters. The average Bonchev–Trinajstić information content (AvgIpc) is 2.44. The highest BCUT2D eigenvalue weighted by Gasteiger charge is 2.10. The fourth-order valence-corrected chi connectivity index (χ4v) is 1.84. The Morgan fingerprint density at radius 2 is 2.15 bits per heavy atom. The molecule has 0 aliphatic carbocycles. The summed E-state index contributed by atoms with van der Waals surface area (Å²) in [5, 5.41) is 2.84. The first-order valence-corrected chi connectivity index (χ1v) is 6.66. The lowest BCUT2D eigenvalue weighted by Crippen LogP contribution is -2.35. The smallest absolute Gasteiger partial charge is 0.258 e. The Hall–Kier alpha value is -2.04. The highest BCUT2D eigenvalue weighted by Crippen LogP contribution is 2.27. The first-order valence-electron chi connectivity index (χ1n) is 6.66. The minimum Gasteiger partial charge on any atom is -0.493 e. The van der Waals surface area contributed by atoms with Crippen LogP contribution < -0.4 is 14.8 Å². The van der Waals surface area contributed by atoms with Crippen LogP contribution in [0.2, 0.25) is 0 Å². The molecule has 0 aromatic heterocycles. The number of methoxy groups -OCH3 is 1. The van der Waals surface area contributed by atoms with Crippen molar-refractivity contribution in [1.82, 2.24) is 5.32 Å². The van der Waals surface area contributed by atoms with Crippen molar-refractivity contribution in [2.45, 2.75) is 32.7 Å². The average molecular weight is 279 g/mol. The Bertz CT molecular complexity index is 459. The molecule has 0 saturated heterocycles. The van der Waals surface area contributed by atoms with Crippen molar-refractivity contribution in [3.8, 4) is 11.5 Å². The van der Waals surface area contributed by atoms with Crippen molar-refractivity contribution in [2.24, 2.45) is 0 Å². The molecule has 0 fully saturated rings. The molecular weight excluding hydrogens is 258 g/mol. The van der Waals surface area contributed by atoms with Gasteiger partial charge in [-0.3, -0.25) is 9.59 Å². The van der Waals surface area contributed by atoms with Crippen LogP contribution in [0.15, 0.2) is 18.2 Å². The molecule has 1 amide bonds. The summed E-state index contributed by atoms with van der Waals surface area (Å²) in [6.07, 6.45) is 2.66. The van der Waals surface area contributed by atoms with Crippen LogP contribution in [-0.2, 0) is 4.79 Å². The van der Waals surface area contributed by atoms with E-state index in [1.807, 2.05) is 6.92 Å². The van der Waals surface area contributed by atoms with Crippen molar-refractivity contribution < 1.29 is 19.1 Å². The summed E-state index contributed by atoms with van der Waals surface area (Å²) in [7, 11) is 1.51. The predicted molar refractivity (Wildman–Crippen MR) is 76.4 cm³/mol. The maximum atomic E-state index is 11.7. The summed E-state index contributed by atoms with van der Waals surface area (Å²) < 4.78 is 10.5. The first-order chi connectivity index (χ1) is 9.60. The standard InChI is InChI=1S/C15H21NO4/c1-4-5-11(2)16-15(18)10-20-14-8-12(9-17)6-7-13(14)19-3/h6-9,11H,4-5,10H2,1-3H3,(H,16,18). The minimum absolute atomic E-state index is 0.104. The molecule has 0 aliphatic heterocycles. The number of nitrogens with one attached hydrogen (secondary N) is 1. The van der Waals surface area contributed by atoms with Crippen LogP contribution >= 0.6 is 0 Å². The van der Waals surface area contributed by atoms with Crippen LogP contribution in [0.4, 0.5) is 0 Å². The molecule has 0 heterocycles. The third-order valence-electron chi connectivity index (χ3n) is 2.81. The molecule has 1 rings (SSSR count). The lowest BCUT2D eigenvalue weighted by Gasteiger charge is -2.14. The molecule has 0 aliphatic rings. The zero-order valence-electron chi connectivity index (χ0n) is 12.1.